The average molecular weight is 349 g/mol. The van der Waals surface area contributed by atoms with Crippen LogP contribution in [0.2, 0.25) is 0 Å². The Labute approximate surface area is 142 Å². The van der Waals surface area contributed by atoms with E-state index in [-0.39, 0.29) is 11.7 Å². The van der Waals surface area contributed by atoms with Crippen molar-refractivity contribution in [3.63, 3.8) is 0 Å². The second-order valence-electron chi connectivity index (χ2n) is 6.21. The lowest BCUT2D eigenvalue weighted by molar-refractivity contribution is 0.562. The number of fused-ring (bicyclic) bond motifs is 1. The molecule has 24 heavy (non-hydrogen) atoms. The summed E-state index contributed by atoms with van der Waals surface area (Å²) in [4.78, 5) is 4.21. The van der Waals surface area contributed by atoms with Crippen LogP contribution in [0.3, 0.4) is 0 Å². The van der Waals surface area contributed by atoms with Gasteiger partial charge in [0.15, 0.2) is 15.8 Å². The zero-order valence-corrected chi connectivity index (χ0v) is 14.8. The van der Waals surface area contributed by atoms with E-state index in [1.807, 2.05) is 31.2 Å². The number of hydrogen-bond acceptors (Lipinski definition) is 4. The lowest BCUT2D eigenvalue weighted by atomic mass is 10.1. The molecule has 1 fully saturated rings. The Hall–Kier alpha value is -2.02. The number of aryl methyl sites for hydroxylation is 1. The Kier molecular flexibility index (Phi) is 4.80. The van der Waals surface area contributed by atoms with Crippen molar-refractivity contribution in [2.75, 3.05) is 25.1 Å². The molecule has 2 aromatic rings. The molecular formula is C17H23N3O3S. The van der Waals surface area contributed by atoms with Crippen molar-refractivity contribution in [1.82, 2.24) is 10.6 Å². The normalized spacial score (nSPS) is 20.4. The first-order valence-corrected chi connectivity index (χ1v) is 9.92. The van der Waals surface area contributed by atoms with Crippen LogP contribution >= 0.6 is 0 Å². The number of nitrogens with one attached hydrogen (secondary N) is 2. The van der Waals surface area contributed by atoms with Crippen molar-refractivity contribution in [3.8, 4) is 0 Å². The molecule has 1 aliphatic heterocycles. The molecule has 2 N–H and O–H groups in total. The van der Waals surface area contributed by atoms with Crippen LogP contribution in [0, 0.1) is 12.8 Å². The largest absolute Gasteiger partial charge is 0.461 e. The Balaban J connectivity index is 1.59. The molecule has 0 aliphatic carbocycles. The summed E-state index contributed by atoms with van der Waals surface area (Å²) >= 11 is 0. The van der Waals surface area contributed by atoms with Gasteiger partial charge in [0.25, 0.3) is 0 Å². The molecule has 3 rings (SSSR count). The highest BCUT2D eigenvalue weighted by Gasteiger charge is 2.27. The van der Waals surface area contributed by atoms with Crippen LogP contribution in [0.1, 0.15) is 17.7 Å². The van der Waals surface area contributed by atoms with E-state index in [2.05, 4.69) is 15.6 Å². The van der Waals surface area contributed by atoms with Gasteiger partial charge in [0, 0.05) is 31.1 Å². The molecular weight excluding hydrogens is 326 g/mol. The third-order valence-corrected chi connectivity index (χ3v) is 6.28. The van der Waals surface area contributed by atoms with Gasteiger partial charge < -0.3 is 15.1 Å². The predicted molar refractivity (Wildman–Crippen MR) is 95.9 cm³/mol. The molecule has 1 atom stereocenters. The van der Waals surface area contributed by atoms with E-state index in [1.165, 1.54) is 0 Å². The first-order valence-electron chi connectivity index (χ1n) is 8.10. The SMILES string of the molecule is CN=C(NCc1c(C)oc2ccccc12)NCC1CCS(=O)(=O)C1. The number of nitrogens with zero attached hydrogens (tertiary/aromatic N) is 1. The molecule has 1 aromatic heterocycles. The first-order chi connectivity index (χ1) is 11.5. The van der Waals surface area contributed by atoms with Gasteiger partial charge in [-0.1, -0.05) is 18.2 Å². The van der Waals surface area contributed by atoms with E-state index >= 15 is 0 Å². The molecule has 7 heteroatoms. The number of aliphatic imine (C=N–C) groups is 1. The number of sulfone groups is 1. The van der Waals surface area contributed by atoms with Gasteiger partial charge in [0.05, 0.1) is 11.5 Å². The minimum absolute atomic E-state index is 0.157. The Morgan fingerprint density at radius 2 is 2.12 bits per heavy atom. The van der Waals surface area contributed by atoms with E-state index in [4.69, 9.17) is 4.42 Å². The molecule has 0 amide bonds. The molecule has 0 spiro atoms. The van der Waals surface area contributed by atoms with Crippen molar-refractivity contribution in [3.05, 3.63) is 35.6 Å². The average Bonchev–Trinajstić information content (AvgIpc) is 3.06. The van der Waals surface area contributed by atoms with Gasteiger partial charge >= 0.3 is 0 Å². The molecule has 0 radical (unpaired) electrons. The topological polar surface area (TPSA) is 83.7 Å². The molecule has 2 heterocycles. The number of guanidine groups is 1. The summed E-state index contributed by atoms with van der Waals surface area (Å²) in [6.07, 6.45) is 0.720. The fourth-order valence-electron chi connectivity index (χ4n) is 3.11. The predicted octanol–water partition coefficient (Wildman–Crippen LogP) is 1.84. The molecule has 0 bridgehead atoms. The summed E-state index contributed by atoms with van der Waals surface area (Å²) in [7, 11) is -1.13. The summed E-state index contributed by atoms with van der Waals surface area (Å²) in [6, 6.07) is 7.95. The van der Waals surface area contributed by atoms with E-state index in [0.717, 1.165) is 28.7 Å². The maximum absolute atomic E-state index is 11.5. The zero-order chi connectivity index (χ0) is 17.2. The van der Waals surface area contributed by atoms with Crippen LogP contribution in [0.4, 0.5) is 0 Å². The number of rotatable bonds is 4. The molecule has 0 saturated carbocycles. The van der Waals surface area contributed by atoms with Gasteiger partial charge in [-0.05, 0) is 25.3 Å². The summed E-state index contributed by atoms with van der Waals surface area (Å²) < 4.78 is 28.8. The monoisotopic (exact) mass is 349 g/mol. The number of para-hydroxylation sites is 1. The smallest absolute Gasteiger partial charge is 0.191 e. The first kappa shape index (κ1) is 16.8. The molecule has 1 aromatic carbocycles. The highest BCUT2D eigenvalue weighted by atomic mass is 32.2. The van der Waals surface area contributed by atoms with E-state index in [9.17, 15) is 8.42 Å². The molecule has 130 valence electrons. The van der Waals surface area contributed by atoms with Gasteiger partial charge in [-0.15, -0.1) is 0 Å². The van der Waals surface area contributed by atoms with Gasteiger partial charge in [-0.2, -0.15) is 0 Å². The van der Waals surface area contributed by atoms with Crippen LogP contribution in [-0.2, 0) is 16.4 Å². The second kappa shape index (κ2) is 6.84. The molecule has 1 aliphatic rings. The summed E-state index contributed by atoms with van der Waals surface area (Å²) in [5.41, 5.74) is 1.99. The number of furan rings is 1. The van der Waals surface area contributed by atoms with Crippen molar-refractivity contribution in [2.24, 2.45) is 10.9 Å². The summed E-state index contributed by atoms with van der Waals surface area (Å²) in [6.45, 7) is 3.17. The van der Waals surface area contributed by atoms with Gasteiger partial charge in [0.1, 0.15) is 11.3 Å². The standard InChI is InChI=1S/C17H23N3O3S/c1-12-15(14-5-3-4-6-16(14)23-12)10-20-17(18-2)19-9-13-7-8-24(21,22)11-13/h3-6,13H,7-11H2,1-2H3,(H2,18,19,20). The molecule has 6 nitrogen and oxygen atoms in total. The number of hydrogen-bond donors (Lipinski definition) is 2. The van der Waals surface area contributed by atoms with Gasteiger partial charge in [0.2, 0.25) is 0 Å². The van der Waals surface area contributed by atoms with Crippen LogP contribution in [0.5, 0.6) is 0 Å². The highest BCUT2D eigenvalue weighted by Crippen LogP contribution is 2.24. The van der Waals surface area contributed by atoms with Gasteiger partial charge in [-0.3, -0.25) is 4.99 Å². The van der Waals surface area contributed by atoms with E-state index in [0.29, 0.717) is 24.8 Å². The van der Waals surface area contributed by atoms with Crippen molar-refractivity contribution < 1.29 is 12.8 Å². The van der Waals surface area contributed by atoms with Crippen molar-refractivity contribution >= 4 is 26.8 Å². The van der Waals surface area contributed by atoms with Crippen molar-refractivity contribution in [1.29, 1.82) is 0 Å². The third kappa shape index (κ3) is 3.72. The lowest BCUT2D eigenvalue weighted by Gasteiger charge is -2.14. The summed E-state index contributed by atoms with van der Waals surface area (Å²) in [5, 5.41) is 7.60. The zero-order valence-electron chi connectivity index (χ0n) is 14.0. The Morgan fingerprint density at radius 3 is 2.83 bits per heavy atom. The van der Waals surface area contributed by atoms with Crippen LogP contribution in [0.25, 0.3) is 11.0 Å². The summed E-state index contributed by atoms with van der Waals surface area (Å²) in [5.74, 6) is 2.28. The van der Waals surface area contributed by atoms with Crippen LogP contribution in [0.15, 0.2) is 33.7 Å². The quantitative estimate of drug-likeness (QED) is 0.650. The van der Waals surface area contributed by atoms with Crippen LogP contribution < -0.4 is 10.6 Å². The van der Waals surface area contributed by atoms with Crippen molar-refractivity contribution in [2.45, 2.75) is 19.9 Å². The fourth-order valence-corrected chi connectivity index (χ4v) is 4.97. The van der Waals surface area contributed by atoms with E-state index in [1.54, 1.807) is 7.05 Å². The second-order valence-corrected chi connectivity index (χ2v) is 8.44. The third-order valence-electron chi connectivity index (χ3n) is 4.44. The number of benzene rings is 1. The lowest BCUT2D eigenvalue weighted by Crippen LogP contribution is -2.39. The van der Waals surface area contributed by atoms with Crippen LogP contribution in [-0.4, -0.2) is 39.5 Å². The maximum Gasteiger partial charge on any atom is 0.191 e. The molecule has 1 saturated heterocycles. The Bertz CT molecular complexity index is 855. The molecule has 1 unspecified atom stereocenters. The minimum Gasteiger partial charge on any atom is -0.461 e. The van der Waals surface area contributed by atoms with E-state index < -0.39 is 9.84 Å². The Morgan fingerprint density at radius 1 is 1.33 bits per heavy atom. The fraction of sp³-hybridized carbons (Fsp3) is 0.471. The minimum atomic E-state index is -2.84. The highest BCUT2D eigenvalue weighted by molar-refractivity contribution is 7.91. The van der Waals surface area contributed by atoms with Gasteiger partial charge in [-0.25, -0.2) is 8.42 Å². The maximum atomic E-state index is 11.5.